The zero-order chi connectivity index (χ0) is 16.1. The zero-order valence-electron chi connectivity index (χ0n) is 14.3. The monoisotopic (exact) mass is 352 g/mol. The van der Waals surface area contributed by atoms with Crippen LogP contribution in [0.5, 0.6) is 0 Å². The maximum atomic E-state index is 5.98. The van der Waals surface area contributed by atoms with E-state index in [1.807, 2.05) is 22.7 Å². The minimum atomic E-state index is -0.138. The van der Waals surface area contributed by atoms with Gasteiger partial charge in [-0.05, 0) is 31.4 Å². The molecule has 0 saturated carbocycles. The van der Waals surface area contributed by atoms with Crippen LogP contribution in [0.3, 0.4) is 0 Å². The Kier molecular flexibility index (Phi) is 6.52. The van der Waals surface area contributed by atoms with Crippen molar-refractivity contribution in [3.05, 3.63) is 21.9 Å². The largest absolute Gasteiger partial charge is 0.347 e. The Hall–Kier alpha value is -0.420. The van der Waals surface area contributed by atoms with Gasteiger partial charge in [0.05, 0.1) is 22.1 Å². The third kappa shape index (κ3) is 4.56. The molecule has 0 aromatic carbocycles. The van der Waals surface area contributed by atoms with Gasteiger partial charge in [0.25, 0.3) is 0 Å². The van der Waals surface area contributed by atoms with Crippen LogP contribution in [-0.2, 0) is 15.9 Å². The summed E-state index contributed by atoms with van der Waals surface area (Å²) < 4.78 is 13.4. The van der Waals surface area contributed by atoms with E-state index in [0.29, 0.717) is 5.92 Å². The second kappa shape index (κ2) is 8.61. The van der Waals surface area contributed by atoms with Crippen molar-refractivity contribution in [1.82, 2.24) is 0 Å². The van der Waals surface area contributed by atoms with E-state index in [0.717, 1.165) is 13.2 Å². The van der Waals surface area contributed by atoms with Crippen LogP contribution in [-0.4, -0.2) is 13.2 Å². The average Bonchev–Trinajstić information content (AvgIpc) is 3.12. The van der Waals surface area contributed by atoms with Crippen molar-refractivity contribution in [3.8, 4) is 0 Å². The minimum Gasteiger partial charge on any atom is -0.347 e. The van der Waals surface area contributed by atoms with Gasteiger partial charge >= 0.3 is 0 Å². The van der Waals surface area contributed by atoms with E-state index in [1.54, 1.807) is 0 Å². The maximum Gasteiger partial charge on any atom is 0.193 e. The Morgan fingerprint density at radius 1 is 1.00 bits per heavy atom. The Labute approximate surface area is 147 Å². The molecule has 2 aromatic rings. The molecule has 2 nitrogen and oxygen atoms in total. The van der Waals surface area contributed by atoms with E-state index in [1.165, 1.54) is 64.1 Å². The van der Waals surface area contributed by atoms with E-state index >= 15 is 0 Å². The fourth-order valence-electron chi connectivity index (χ4n) is 3.07. The van der Waals surface area contributed by atoms with Gasteiger partial charge in [0.2, 0.25) is 0 Å². The summed E-state index contributed by atoms with van der Waals surface area (Å²) in [7, 11) is 0. The van der Waals surface area contributed by atoms with Gasteiger partial charge in [-0.1, -0.05) is 39.5 Å². The Morgan fingerprint density at radius 2 is 1.78 bits per heavy atom. The van der Waals surface area contributed by atoms with Crippen LogP contribution in [0.15, 0.2) is 12.1 Å². The van der Waals surface area contributed by atoms with Crippen LogP contribution in [0, 0.1) is 5.92 Å². The quantitative estimate of drug-likeness (QED) is 0.502. The molecule has 0 aliphatic carbocycles. The van der Waals surface area contributed by atoms with Gasteiger partial charge in [0.15, 0.2) is 6.29 Å². The van der Waals surface area contributed by atoms with Gasteiger partial charge in [-0.15, -0.1) is 22.7 Å². The summed E-state index contributed by atoms with van der Waals surface area (Å²) in [6.45, 7) is 6.19. The predicted octanol–water partition coefficient (Wildman–Crippen LogP) is 6.55. The van der Waals surface area contributed by atoms with Crippen molar-refractivity contribution in [2.45, 2.75) is 65.1 Å². The molecule has 1 saturated heterocycles. The zero-order valence-corrected chi connectivity index (χ0v) is 15.9. The van der Waals surface area contributed by atoms with Gasteiger partial charge < -0.3 is 9.47 Å². The highest BCUT2D eigenvalue weighted by molar-refractivity contribution is 7.38. The van der Waals surface area contributed by atoms with Crippen molar-refractivity contribution in [3.63, 3.8) is 0 Å². The van der Waals surface area contributed by atoms with E-state index < -0.39 is 0 Å². The molecular weight excluding hydrogens is 324 g/mol. The molecule has 1 aliphatic heterocycles. The standard InChI is InChI=1S/C19H28O2S2/c1-3-5-7-9-16-10-15-11-17(23-19(15)22-16)18-20-12-14(13-21-18)8-6-4-2/h10-11,14,18H,3-9,12-13H2,1-2H3. The maximum absolute atomic E-state index is 5.98. The Bertz CT molecular complexity index is 562. The van der Waals surface area contributed by atoms with Crippen molar-refractivity contribution in [2.24, 2.45) is 5.92 Å². The molecule has 0 unspecified atom stereocenters. The van der Waals surface area contributed by atoms with Crippen LogP contribution in [0.4, 0.5) is 0 Å². The normalized spacial score (nSPS) is 22.0. The van der Waals surface area contributed by atoms with E-state index in [9.17, 15) is 0 Å². The lowest BCUT2D eigenvalue weighted by molar-refractivity contribution is -0.204. The highest BCUT2D eigenvalue weighted by Crippen LogP contribution is 2.39. The fourth-order valence-corrected chi connectivity index (χ4v) is 5.62. The molecule has 3 rings (SSSR count). The smallest absolute Gasteiger partial charge is 0.193 e. The van der Waals surface area contributed by atoms with Crippen molar-refractivity contribution in [1.29, 1.82) is 0 Å². The molecule has 23 heavy (non-hydrogen) atoms. The van der Waals surface area contributed by atoms with Crippen LogP contribution < -0.4 is 0 Å². The summed E-state index contributed by atoms with van der Waals surface area (Å²) in [5.74, 6) is 0.581. The number of ether oxygens (including phenoxy) is 2. The molecule has 0 N–H and O–H groups in total. The second-order valence-electron chi connectivity index (χ2n) is 6.57. The number of hydrogen-bond acceptors (Lipinski definition) is 4. The van der Waals surface area contributed by atoms with Gasteiger partial charge in [-0.25, -0.2) is 0 Å². The van der Waals surface area contributed by atoms with Crippen LogP contribution >= 0.6 is 22.7 Å². The highest BCUT2D eigenvalue weighted by Gasteiger charge is 2.25. The van der Waals surface area contributed by atoms with E-state index in [-0.39, 0.29) is 6.29 Å². The van der Waals surface area contributed by atoms with Crippen molar-refractivity contribution in [2.75, 3.05) is 13.2 Å². The highest BCUT2D eigenvalue weighted by atomic mass is 32.2. The number of aryl methyl sites for hydroxylation is 1. The summed E-state index contributed by atoms with van der Waals surface area (Å²) in [5, 5.41) is 1.38. The Balaban J connectivity index is 1.56. The summed E-state index contributed by atoms with van der Waals surface area (Å²) in [5.41, 5.74) is 0. The topological polar surface area (TPSA) is 18.5 Å². The Morgan fingerprint density at radius 3 is 2.48 bits per heavy atom. The molecular formula is C19H28O2S2. The van der Waals surface area contributed by atoms with Crippen LogP contribution in [0.25, 0.3) is 9.40 Å². The molecule has 0 atom stereocenters. The number of hydrogen-bond donors (Lipinski definition) is 0. The molecule has 128 valence electrons. The molecule has 1 aliphatic rings. The first-order chi connectivity index (χ1) is 11.3. The first-order valence-corrected chi connectivity index (χ1v) is 10.7. The molecule has 2 aromatic heterocycles. The first kappa shape index (κ1) is 17.4. The summed E-state index contributed by atoms with van der Waals surface area (Å²) in [6, 6.07) is 4.64. The summed E-state index contributed by atoms with van der Waals surface area (Å²) in [4.78, 5) is 2.76. The number of rotatable bonds is 8. The summed E-state index contributed by atoms with van der Waals surface area (Å²) >= 11 is 3.80. The van der Waals surface area contributed by atoms with Crippen LogP contribution in [0.2, 0.25) is 0 Å². The second-order valence-corrected chi connectivity index (χ2v) is 9.05. The fraction of sp³-hybridized carbons (Fsp3) is 0.684. The van der Waals surface area contributed by atoms with E-state index in [4.69, 9.17) is 9.47 Å². The third-order valence-corrected chi connectivity index (χ3v) is 6.95. The lowest BCUT2D eigenvalue weighted by Crippen LogP contribution is -2.26. The lowest BCUT2D eigenvalue weighted by atomic mass is 10.0. The van der Waals surface area contributed by atoms with Gasteiger partial charge in [0, 0.05) is 16.2 Å². The van der Waals surface area contributed by atoms with Crippen molar-refractivity contribution < 1.29 is 9.47 Å². The summed E-state index contributed by atoms with van der Waals surface area (Å²) in [6.07, 6.45) is 8.78. The van der Waals surface area contributed by atoms with Gasteiger partial charge in [-0.3, -0.25) is 0 Å². The molecule has 1 fully saturated rings. The van der Waals surface area contributed by atoms with Crippen molar-refractivity contribution >= 4 is 32.1 Å². The predicted molar refractivity (Wildman–Crippen MR) is 101 cm³/mol. The molecule has 4 heteroatoms. The molecule has 0 spiro atoms. The van der Waals surface area contributed by atoms with E-state index in [2.05, 4.69) is 26.0 Å². The van der Waals surface area contributed by atoms with Crippen LogP contribution in [0.1, 0.15) is 68.4 Å². The SMILES string of the molecule is CCCCCc1cc2cc(C3OCC(CCCC)CO3)sc2s1. The molecule has 0 bridgehead atoms. The average molecular weight is 353 g/mol. The third-order valence-electron chi connectivity index (χ3n) is 4.48. The minimum absolute atomic E-state index is 0.138. The van der Waals surface area contributed by atoms with Gasteiger partial charge in [0.1, 0.15) is 0 Å². The lowest BCUT2D eigenvalue weighted by Gasteiger charge is -2.28. The molecule has 0 radical (unpaired) electrons. The first-order valence-electron chi connectivity index (χ1n) is 9.05. The molecule has 3 heterocycles. The molecule has 0 amide bonds. The number of thiophene rings is 2. The van der Waals surface area contributed by atoms with Gasteiger partial charge in [-0.2, -0.15) is 0 Å². The number of unbranched alkanes of at least 4 members (excludes halogenated alkanes) is 3. The number of fused-ring (bicyclic) bond motifs is 1.